The lowest BCUT2D eigenvalue weighted by molar-refractivity contribution is 0.321. The standard InChI is InChI=1S/C16H14ClNO/c17-16-8-6-14(7-9-16)11-15(12-18-19)10-13-4-2-1-3-5-13/h1-9,11-12,19H,10H2/b15-11+,18-12+. The second kappa shape index (κ2) is 6.76. The normalized spacial score (nSPS) is 11.9. The fourth-order valence-corrected chi connectivity index (χ4v) is 1.94. The molecular formula is C16H14ClNO. The van der Waals surface area contributed by atoms with Crippen LogP contribution in [0.15, 0.2) is 65.3 Å². The van der Waals surface area contributed by atoms with Crippen LogP contribution >= 0.6 is 11.6 Å². The number of rotatable bonds is 4. The first-order chi connectivity index (χ1) is 9.28. The minimum atomic E-state index is 0.706. The predicted molar refractivity (Wildman–Crippen MR) is 79.9 cm³/mol. The molecule has 2 rings (SSSR count). The molecule has 0 heterocycles. The summed E-state index contributed by atoms with van der Waals surface area (Å²) in [4.78, 5) is 0. The van der Waals surface area contributed by atoms with Crippen molar-refractivity contribution in [3.05, 3.63) is 76.3 Å². The van der Waals surface area contributed by atoms with Gasteiger partial charge in [-0.3, -0.25) is 0 Å². The minimum Gasteiger partial charge on any atom is -0.411 e. The second-order valence-electron chi connectivity index (χ2n) is 4.18. The van der Waals surface area contributed by atoms with Crippen LogP contribution in [0.4, 0.5) is 0 Å². The maximum atomic E-state index is 8.74. The molecule has 2 nitrogen and oxygen atoms in total. The molecule has 0 fully saturated rings. The molecule has 0 bridgehead atoms. The van der Waals surface area contributed by atoms with Gasteiger partial charge in [-0.15, -0.1) is 0 Å². The first-order valence-corrected chi connectivity index (χ1v) is 6.33. The summed E-state index contributed by atoms with van der Waals surface area (Å²) in [5.74, 6) is 0. The summed E-state index contributed by atoms with van der Waals surface area (Å²) in [6, 6.07) is 17.6. The zero-order chi connectivity index (χ0) is 13.5. The smallest absolute Gasteiger partial charge is 0.0697 e. The van der Waals surface area contributed by atoms with Crippen LogP contribution in [-0.2, 0) is 6.42 Å². The number of hydrogen-bond acceptors (Lipinski definition) is 2. The van der Waals surface area contributed by atoms with Gasteiger partial charge in [-0.25, -0.2) is 0 Å². The van der Waals surface area contributed by atoms with E-state index in [2.05, 4.69) is 5.16 Å². The van der Waals surface area contributed by atoms with E-state index in [0.29, 0.717) is 11.4 Å². The molecule has 0 amide bonds. The van der Waals surface area contributed by atoms with Gasteiger partial charge in [-0.2, -0.15) is 0 Å². The van der Waals surface area contributed by atoms with Crippen molar-refractivity contribution < 1.29 is 5.21 Å². The highest BCUT2D eigenvalue weighted by atomic mass is 35.5. The van der Waals surface area contributed by atoms with Gasteiger partial charge in [0.15, 0.2) is 0 Å². The van der Waals surface area contributed by atoms with Crippen molar-refractivity contribution in [3.63, 3.8) is 0 Å². The zero-order valence-electron chi connectivity index (χ0n) is 10.3. The van der Waals surface area contributed by atoms with Crippen LogP contribution < -0.4 is 0 Å². The van der Waals surface area contributed by atoms with Crippen molar-refractivity contribution in [2.75, 3.05) is 0 Å². The number of allylic oxidation sites excluding steroid dienone is 1. The van der Waals surface area contributed by atoms with E-state index in [1.807, 2.05) is 60.7 Å². The number of halogens is 1. The molecular weight excluding hydrogens is 258 g/mol. The Morgan fingerprint density at radius 3 is 2.37 bits per heavy atom. The Bertz CT molecular complexity index is 573. The third-order valence-corrected chi connectivity index (χ3v) is 2.95. The molecule has 0 unspecified atom stereocenters. The van der Waals surface area contributed by atoms with Crippen molar-refractivity contribution in [2.45, 2.75) is 6.42 Å². The van der Waals surface area contributed by atoms with Crippen molar-refractivity contribution in [3.8, 4) is 0 Å². The highest BCUT2D eigenvalue weighted by molar-refractivity contribution is 6.30. The van der Waals surface area contributed by atoms with Gasteiger partial charge in [-0.1, -0.05) is 59.2 Å². The molecule has 0 aliphatic carbocycles. The fraction of sp³-hybridized carbons (Fsp3) is 0.0625. The SMILES string of the molecule is O/N=C/C(=C/c1ccc(Cl)cc1)Cc1ccccc1. The van der Waals surface area contributed by atoms with E-state index in [1.54, 1.807) is 0 Å². The van der Waals surface area contributed by atoms with Crippen molar-refractivity contribution in [1.29, 1.82) is 0 Å². The lowest BCUT2D eigenvalue weighted by Gasteiger charge is -2.02. The molecule has 0 radical (unpaired) electrons. The molecule has 2 aromatic carbocycles. The molecule has 0 aliphatic rings. The summed E-state index contributed by atoms with van der Waals surface area (Å²) in [5, 5.41) is 12.6. The van der Waals surface area contributed by atoms with Crippen LogP contribution in [0.2, 0.25) is 5.02 Å². The Morgan fingerprint density at radius 1 is 1.05 bits per heavy atom. The van der Waals surface area contributed by atoms with Crippen molar-refractivity contribution in [2.24, 2.45) is 5.16 Å². The molecule has 0 saturated heterocycles. The number of oxime groups is 1. The number of benzene rings is 2. The highest BCUT2D eigenvalue weighted by Gasteiger charge is 1.98. The Balaban J connectivity index is 2.22. The molecule has 0 saturated carbocycles. The third kappa shape index (κ3) is 4.27. The van der Waals surface area contributed by atoms with Gasteiger partial charge in [0, 0.05) is 5.02 Å². The van der Waals surface area contributed by atoms with E-state index in [4.69, 9.17) is 16.8 Å². The van der Waals surface area contributed by atoms with E-state index >= 15 is 0 Å². The molecule has 19 heavy (non-hydrogen) atoms. The van der Waals surface area contributed by atoms with Crippen molar-refractivity contribution in [1.82, 2.24) is 0 Å². The van der Waals surface area contributed by atoms with E-state index in [-0.39, 0.29) is 0 Å². The van der Waals surface area contributed by atoms with Crippen LogP contribution in [0.3, 0.4) is 0 Å². The summed E-state index contributed by atoms with van der Waals surface area (Å²) in [7, 11) is 0. The molecule has 0 atom stereocenters. The van der Waals surface area contributed by atoms with Crippen LogP contribution in [0.5, 0.6) is 0 Å². The largest absolute Gasteiger partial charge is 0.411 e. The molecule has 0 spiro atoms. The monoisotopic (exact) mass is 271 g/mol. The highest BCUT2D eigenvalue weighted by Crippen LogP contribution is 2.14. The Labute approximate surface area is 117 Å². The van der Waals surface area contributed by atoms with E-state index in [9.17, 15) is 0 Å². The molecule has 3 heteroatoms. The van der Waals surface area contributed by atoms with Crippen LogP contribution in [0.1, 0.15) is 11.1 Å². The third-order valence-electron chi connectivity index (χ3n) is 2.70. The molecule has 0 aliphatic heterocycles. The van der Waals surface area contributed by atoms with Crippen molar-refractivity contribution >= 4 is 23.9 Å². The predicted octanol–water partition coefficient (Wildman–Crippen LogP) is 4.43. The summed E-state index contributed by atoms with van der Waals surface area (Å²) >= 11 is 5.85. The molecule has 1 N–H and O–H groups in total. The Kier molecular flexibility index (Phi) is 4.76. The summed E-state index contributed by atoms with van der Waals surface area (Å²) in [6.45, 7) is 0. The maximum Gasteiger partial charge on any atom is 0.0697 e. The summed E-state index contributed by atoms with van der Waals surface area (Å²) < 4.78 is 0. The van der Waals surface area contributed by atoms with Crippen LogP contribution in [0, 0.1) is 0 Å². The average molecular weight is 272 g/mol. The lowest BCUT2D eigenvalue weighted by Crippen LogP contribution is -1.92. The van der Waals surface area contributed by atoms with Gasteiger partial charge in [0.05, 0.1) is 6.21 Å². The first-order valence-electron chi connectivity index (χ1n) is 5.95. The molecule has 0 aromatic heterocycles. The Hall–Kier alpha value is -2.06. The van der Waals surface area contributed by atoms with Gasteiger partial charge in [0.1, 0.15) is 0 Å². The van der Waals surface area contributed by atoms with Gasteiger partial charge in [0.2, 0.25) is 0 Å². The van der Waals surface area contributed by atoms with E-state index < -0.39 is 0 Å². The topological polar surface area (TPSA) is 32.6 Å². The lowest BCUT2D eigenvalue weighted by atomic mass is 10.0. The summed E-state index contributed by atoms with van der Waals surface area (Å²) in [5.41, 5.74) is 3.12. The second-order valence-corrected chi connectivity index (χ2v) is 4.61. The molecule has 96 valence electrons. The Morgan fingerprint density at radius 2 is 1.74 bits per heavy atom. The number of hydrogen-bond donors (Lipinski definition) is 1. The average Bonchev–Trinajstić information content (AvgIpc) is 2.43. The summed E-state index contributed by atoms with van der Waals surface area (Å²) in [6.07, 6.45) is 4.15. The van der Waals surface area contributed by atoms with Gasteiger partial charge in [0.25, 0.3) is 0 Å². The van der Waals surface area contributed by atoms with Gasteiger partial charge in [-0.05, 0) is 41.3 Å². The molecule has 2 aromatic rings. The quantitative estimate of drug-likeness (QED) is 0.498. The van der Waals surface area contributed by atoms with E-state index in [1.165, 1.54) is 11.8 Å². The van der Waals surface area contributed by atoms with Crippen LogP contribution in [-0.4, -0.2) is 11.4 Å². The van der Waals surface area contributed by atoms with E-state index in [0.717, 1.165) is 11.1 Å². The zero-order valence-corrected chi connectivity index (χ0v) is 11.1. The minimum absolute atomic E-state index is 0.706. The fourth-order valence-electron chi connectivity index (χ4n) is 1.81. The van der Waals surface area contributed by atoms with Crippen LogP contribution in [0.25, 0.3) is 6.08 Å². The maximum absolute atomic E-state index is 8.74. The van der Waals surface area contributed by atoms with Gasteiger partial charge >= 0.3 is 0 Å². The van der Waals surface area contributed by atoms with Gasteiger partial charge < -0.3 is 5.21 Å². The first kappa shape index (κ1) is 13.4. The number of nitrogens with zero attached hydrogens (tertiary/aromatic N) is 1.